The number of aryl methyl sites for hydroxylation is 2. The Kier molecular flexibility index (Phi) is 8.63. The molecule has 0 radical (unpaired) electrons. The highest BCUT2D eigenvalue weighted by Crippen LogP contribution is 2.13. The standard InChI is InChI=1S/C17H26O2S/c1-4-20-12-11-16-7-5-15(6-8-16)9-10-17(19-3)13-14(2)18/h5-8,17H,4,9-13H2,1-3H3. The minimum atomic E-state index is 0.0492. The first-order chi connectivity index (χ1) is 9.65. The molecule has 0 aliphatic rings. The second-order valence-corrected chi connectivity index (χ2v) is 6.46. The molecular weight excluding hydrogens is 268 g/mol. The van der Waals surface area contributed by atoms with Crippen LogP contribution in [0.2, 0.25) is 0 Å². The van der Waals surface area contributed by atoms with E-state index in [2.05, 4.69) is 31.2 Å². The minimum Gasteiger partial charge on any atom is -0.381 e. The number of carbonyl (C=O) groups excluding carboxylic acids is 1. The molecule has 0 aliphatic heterocycles. The molecule has 1 rings (SSSR count). The molecule has 0 aromatic heterocycles. The van der Waals surface area contributed by atoms with Crippen LogP contribution < -0.4 is 0 Å². The smallest absolute Gasteiger partial charge is 0.132 e. The second-order valence-electron chi connectivity index (χ2n) is 5.07. The second kappa shape index (κ2) is 10.0. The number of ketones is 1. The Hall–Kier alpha value is -0.800. The summed E-state index contributed by atoms with van der Waals surface area (Å²) in [6, 6.07) is 8.84. The van der Waals surface area contributed by atoms with Crippen molar-refractivity contribution in [1.29, 1.82) is 0 Å². The summed E-state index contributed by atoms with van der Waals surface area (Å²) in [5, 5.41) is 0. The van der Waals surface area contributed by atoms with Gasteiger partial charge in [0.15, 0.2) is 0 Å². The summed E-state index contributed by atoms with van der Waals surface area (Å²) in [5.41, 5.74) is 2.73. The number of carbonyl (C=O) groups is 1. The Morgan fingerprint density at radius 3 is 2.30 bits per heavy atom. The van der Waals surface area contributed by atoms with Crippen LogP contribution in [0.25, 0.3) is 0 Å². The number of hydrogen-bond acceptors (Lipinski definition) is 3. The molecule has 2 nitrogen and oxygen atoms in total. The Balaban J connectivity index is 2.38. The normalized spacial score (nSPS) is 12.3. The zero-order chi connectivity index (χ0) is 14.8. The molecule has 0 aliphatic carbocycles. The quantitative estimate of drug-likeness (QED) is 0.612. The van der Waals surface area contributed by atoms with Gasteiger partial charge in [-0.1, -0.05) is 31.2 Å². The van der Waals surface area contributed by atoms with E-state index in [-0.39, 0.29) is 11.9 Å². The topological polar surface area (TPSA) is 26.3 Å². The summed E-state index contributed by atoms with van der Waals surface area (Å²) >= 11 is 1.98. The molecule has 0 amide bonds. The lowest BCUT2D eigenvalue weighted by Gasteiger charge is -2.13. The average molecular weight is 294 g/mol. The fraction of sp³-hybridized carbons (Fsp3) is 0.588. The number of Topliss-reactive ketones (excluding diaryl/α,β-unsaturated/α-hetero) is 1. The highest BCUT2D eigenvalue weighted by atomic mass is 32.2. The van der Waals surface area contributed by atoms with Gasteiger partial charge >= 0.3 is 0 Å². The van der Waals surface area contributed by atoms with E-state index in [4.69, 9.17) is 4.74 Å². The highest BCUT2D eigenvalue weighted by molar-refractivity contribution is 7.99. The third kappa shape index (κ3) is 7.11. The van der Waals surface area contributed by atoms with E-state index in [1.54, 1.807) is 14.0 Å². The maximum atomic E-state index is 11.1. The van der Waals surface area contributed by atoms with E-state index in [0.717, 1.165) is 19.3 Å². The maximum Gasteiger partial charge on any atom is 0.132 e. The summed E-state index contributed by atoms with van der Waals surface area (Å²) in [7, 11) is 1.68. The number of hydrogen-bond donors (Lipinski definition) is 0. The summed E-state index contributed by atoms with van der Waals surface area (Å²) < 4.78 is 5.35. The molecule has 0 N–H and O–H groups in total. The monoisotopic (exact) mass is 294 g/mol. The molecule has 1 aromatic rings. The predicted molar refractivity (Wildman–Crippen MR) is 87.6 cm³/mol. The van der Waals surface area contributed by atoms with E-state index in [1.807, 2.05) is 11.8 Å². The maximum absolute atomic E-state index is 11.1. The third-order valence-corrected chi connectivity index (χ3v) is 4.27. The third-order valence-electron chi connectivity index (χ3n) is 3.37. The summed E-state index contributed by atoms with van der Waals surface area (Å²) in [4.78, 5) is 11.1. The van der Waals surface area contributed by atoms with E-state index in [9.17, 15) is 4.79 Å². The first kappa shape index (κ1) is 17.3. The Labute approximate surface area is 127 Å². The van der Waals surface area contributed by atoms with Gasteiger partial charge in [-0.2, -0.15) is 11.8 Å². The van der Waals surface area contributed by atoms with Crippen LogP contribution in [-0.4, -0.2) is 30.5 Å². The van der Waals surface area contributed by atoms with Crippen molar-refractivity contribution in [2.45, 2.75) is 45.6 Å². The van der Waals surface area contributed by atoms with Crippen molar-refractivity contribution in [2.75, 3.05) is 18.6 Å². The molecule has 20 heavy (non-hydrogen) atoms. The van der Waals surface area contributed by atoms with Crippen molar-refractivity contribution in [1.82, 2.24) is 0 Å². The lowest BCUT2D eigenvalue weighted by atomic mass is 10.0. The van der Waals surface area contributed by atoms with Gasteiger partial charge in [-0.15, -0.1) is 0 Å². The van der Waals surface area contributed by atoms with Crippen molar-refractivity contribution in [3.8, 4) is 0 Å². The fourth-order valence-corrected chi connectivity index (χ4v) is 2.83. The lowest BCUT2D eigenvalue weighted by molar-refractivity contribution is -0.119. The molecule has 0 saturated carbocycles. The number of ether oxygens (including phenoxy) is 1. The summed E-state index contributed by atoms with van der Waals surface area (Å²) in [6.07, 6.45) is 3.58. The molecule has 1 unspecified atom stereocenters. The van der Waals surface area contributed by atoms with E-state index in [0.29, 0.717) is 6.42 Å². The van der Waals surface area contributed by atoms with Crippen LogP contribution >= 0.6 is 11.8 Å². The molecule has 0 saturated heterocycles. The zero-order valence-corrected chi connectivity index (χ0v) is 13.7. The molecule has 3 heteroatoms. The Morgan fingerprint density at radius 1 is 1.20 bits per heavy atom. The van der Waals surface area contributed by atoms with Gasteiger partial charge in [0.1, 0.15) is 5.78 Å². The minimum absolute atomic E-state index is 0.0492. The average Bonchev–Trinajstić information content (AvgIpc) is 2.44. The first-order valence-electron chi connectivity index (χ1n) is 7.33. The number of methoxy groups -OCH3 is 1. The van der Waals surface area contributed by atoms with Crippen LogP contribution in [0.5, 0.6) is 0 Å². The fourth-order valence-electron chi connectivity index (χ4n) is 2.16. The molecule has 1 aromatic carbocycles. The molecule has 112 valence electrons. The lowest BCUT2D eigenvalue weighted by Crippen LogP contribution is -2.15. The van der Waals surface area contributed by atoms with E-state index < -0.39 is 0 Å². The SMILES string of the molecule is CCSCCc1ccc(CCC(CC(C)=O)OC)cc1. The van der Waals surface area contributed by atoms with Crippen LogP contribution in [0.3, 0.4) is 0 Å². The van der Waals surface area contributed by atoms with Crippen molar-refractivity contribution in [3.05, 3.63) is 35.4 Å². The predicted octanol–water partition coefficient (Wildman–Crippen LogP) is 3.91. The highest BCUT2D eigenvalue weighted by Gasteiger charge is 2.10. The van der Waals surface area contributed by atoms with Gasteiger partial charge < -0.3 is 4.74 Å². The molecule has 0 spiro atoms. The molecule has 0 heterocycles. The molecular formula is C17H26O2S. The van der Waals surface area contributed by atoms with Crippen molar-refractivity contribution < 1.29 is 9.53 Å². The Morgan fingerprint density at radius 2 is 1.80 bits per heavy atom. The summed E-state index contributed by atoms with van der Waals surface area (Å²) in [5.74, 6) is 2.58. The molecule has 0 bridgehead atoms. The first-order valence-corrected chi connectivity index (χ1v) is 8.49. The van der Waals surface area contributed by atoms with Gasteiger partial charge in [0.25, 0.3) is 0 Å². The van der Waals surface area contributed by atoms with Crippen molar-refractivity contribution >= 4 is 17.5 Å². The van der Waals surface area contributed by atoms with Crippen LogP contribution in [0, 0.1) is 0 Å². The van der Waals surface area contributed by atoms with Gasteiger partial charge in [-0.3, -0.25) is 4.79 Å². The molecule has 1 atom stereocenters. The number of thioether (sulfide) groups is 1. The Bertz CT molecular complexity index is 386. The van der Waals surface area contributed by atoms with Crippen LogP contribution in [0.15, 0.2) is 24.3 Å². The van der Waals surface area contributed by atoms with Gasteiger partial charge in [0.2, 0.25) is 0 Å². The van der Waals surface area contributed by atoms with E-state index in [1.165, 1.54) is 22.6 Å². The van der Waals surface area contributed by atoms with Crippen molar-refractivity contribution in [3.63, 3.8) is 0 Å². The van der Waals surface area contributed by atoms with E-state index >= 15 is 0 Å². The number of benzene rings is 1. The van der Waals surface area contributed by atoms with Gasteiger partial charge in [-0.05, 0) is 48.8 Å². The van der Waals surface area contributed by atoms with Gasteiger partial charge in [-0.25, -0.2) is 0 Å². The van der Waals surface area contributed by atoms with Crippen molar-refractivity contribution in [2.24, 2.45) is 0 Å². The summed E-state index contributed by atoms with van der Waals surface area (Å²) in [6.45, 7) is 3.82. The van der Waals surface area contributed by atoms with Crippen LogP contribution in [0.1, 0.15) is 37.8 Å². The largest absolute Gasteiger partial charge is 0.381 e. The zero-order valence-electron chi connectivity index (χ0n) is 12.9. The van der Waals surface area contributed by atoms with Crippen LogP contribution in [-0.2, 0) is 22.4 Å². The molecule has 0 fully saturated rings. The number of rotatable bonds is 10. The van der Waals surface area contributed by atoms with Gasteiger partial charge in [0, 0.05) is 13.5 Å². The van der Waals surface area contributed by atoms with Gasteiger partial charge in [0.05, 0.1) is 6.10 Å². The van der Waals surface area contributed by atoms with Crippen LogP contribution in [0.4, 0.5) is 0 Å².